The molecular weight excluding hydrogens is 216 g/mol. The lowest BCUT2D eigenvalue weighted by Gasteiger charge is -2.08. The second kappa shape index (κ2) is 5.12. The smallest absolute Gasteiger partial charge is 0.303 e. The van der Waals surface area contributed by atoms with Gasteiger partial charge in [0, 0.05) is 13.8 Å². The topological polar surface area (TPSA) is 52.6 Å². The quantitative estimate of drug-likeness (QED) is 0.527. The van der Waals surface area contributed by atoms with Crippen LogP contribution in [0.3, 0.4) is 0 Å². The highest BCUT2D eigenvalue weighted by atomic mass is 79.9. The van der Waals surface area contributed by atoms with Gasteiger partial charge in [-0.15, -0.1) is 0 Å². The van der Waals surface area contributed by atoms with Crippen molar-refractivity contribution >= 4 is 27.9 Å². The van der Waals surface area contributed by atoms with Crippen LogP contribution in [0.15, 0.2) is 0 Å². The van der Waals surface area contributed by atoms with E-state index in [1.54, 1.807) is 0 Å². The Labute approximate surface area is 73.0 Å². The van der Waals surface area contributed by atoms with Gasteiger partial charge in [0.1, 0.15) is 6.61 Å². The number of hydrogen-bond acceptors (Lipinski definition) is 4. The van der Waals surface area contributed by atoms with Crippen molar-refractivity contribution in [3.63, 3.8) is 0 Å². The molecule has 1 atom stereocenters. The van der Waals surface area contributed by atoms with E-state index in [2.05, 4.69) is 25.4 Å². The molecule has 0 aliphatic heterocycles. The zero-order chi connectivity index (χ0) is 8.85. The monoisotopic (exact) mass is 224 g/mol. The van der Waals surface area contributed by atoms with Gasteiger partial charge in [-0.3, -0.25) is 9.59 Å². The normalized spacial score (nSPS) is 11.9. The largest absolute Gasteiger partial charge is 0.461 e. The van der Waals surface area contributed by atoms with E-state index in [0.29, 0.717) is 0 Å². The molecule has 0 N–H and O–H groups in total. The molecule has 5 heteroatoms. The number of halogens is 1. The number of hydrogen-bond donors (Lipinski definition) is 0. The second-order valence-corrected chi connectivity index (χ2v) is 2.84. The number of esters is 2. The van der Waals surface area contributed by atoms with Crippen LogP contribution in [0.5, 0.6) is 0 Å². The molecule has 0 bridgehead atoms. The van der Waals surface area contributed by atoms with Crippen LogP contribution < -0.4 is 0 Å². The lowest BCUT2D eigenvalue weighted by molar-refractivity contribution is -0.150. The van der Waals surface area contributed by atoms with E-state index < -0.39 is 17.0 Å². The summed E-state index contributed by atoms with van der Waals surface area (Å²) in [5.41, 5.74) is 0. The van der Waals surface area contributed by atoms with Gasteiger partial charge in [-0.05, 0) is 15.9 Å². The van der Waals surface area contributed by atoms with Gasteiger partial charge in [-0.1, -0.05) is 0 Å². The van der Waals surface area contributed by atoms with E-state index in [0.717, 1.165) is 0 Å². The standard InChI is InChI=1S/C6H9BrO4/c1-4(8)10-3-6(7)11-5(2)9/h6H,3H2,1-2H3. The Bertz CT molecular complexity index is 157. The predicted molar refractivity (Wildman–Crippen MR) is 41.1 cm³/mol. The summed E-state index contributed by atoms with van der Waals surface area (Å²) < 4.78 is 9.14. The Hall–Kier alpha value is -0.580. The fraction of sp³-hybridized carbons (Fsp3) is 0.667. The van der Waals surface area contributed by atoms with Crippen molar-refractivity contribution in [3.05, 3.63) is 0 Å². The van der Waals surface area contributed by atoms with Crippen LogP contribution in [0.25, 0.3) is 0 Å². The summed E-state index contributed by atoms with van der Waals surface area (Å²) in [4.78, 5) is 20.6. The number of rotatable bonds is 3. The van der Waals surface area contributed by atoms with E-state index in [1.165, 1.54) is 13.8 Å². The maximum atomic E-state index is 10.3. The summed E-state index contributed by atoms with van der Waals surface area (Å²) in [5, 5.41) is -0.552. The lowest BCUT2D eigenvalue weighted by atomic mass is 10.7. The van der Waals surface area contributed by atoms with Crippen molar-refractivity contribution in [2.24, 2.45) is 0 Å². The van der Waals surface area contributed by atoms with Crippen molar-refractivity contribution in [1.82, 2.24) is 0 Å². The molecule has 11 heavy (non-hydrogen) atoms. The van der Waals surface area contributed by atoms with Gasteiger partial charge < -0.3 is 9.47 Å². The molecule has 0 heterocycles. The van der Waals surface area contributed by atoms with Gasteiger partial charge in [0.05, 0.1) is 0 Å². The van der Waals surface area contributed by atoms with Crippen LogP contribution in [0.4, 0.5) is 0 Å². The van der Waals surface area contributed by atoms with Crippen LogP contribution in [-0.4, -0.2) is 23.6 Å². The van der Waals surface area contributed by atoms with Crippen LogP contribution >= 0.6 is 15.9 Å². The van der Waals surface area contributed by atoms with E-state index in [4.69, 9.17) is 0 Å². The summed E-state index contributed by atoms with van der Waals surface area (Å²) in [7, 11) is 0. The predicted octanol–water partition coefficient (Wildman–Crippen LogP) is 0.834. The van der Waals surface area contributed by atoms with Crippen LogP contribution in [0, 0.1) is 0 Å². The average Bonchev–Trinajstić information content (AvgIpc) is 1.82. The molecule has 0 amide bonds. The Morgan fingerprint density at radius 3 is 2.27 bits per heavy atom. The Morgan fingerprint density at radius 1 is 1.36 bits per heavy atom. The molecule has 0 saturated heterocycles. The highest BCUT2D eigenvalue weighted by molar-refractivity contribution is 9.09. The van der Waals surface area contributed by atoms with E-state index in [9.17, 15) is 9.59 Å². The molecule has 0 saturated carbocycles. The Balaban J connectivity index is 3.44. The molecule has 0 aromatic rings. The van der Waals surface area contributed by atoms with Crippen LogP contribution in [0.1, 0.15) is 13.8 Å². The molecule has 0 fully saturated rings. The average molecular weight is 225 g/mol. The molecule has 0 spiro atoms. The third-order valence-electron chi connectivity index (χ3n) is 0.711. The van der Waals surface area contributed by atoms with Crippen LogP contribution in [-0.2, 0) is 19.1 Å². The molecule has 0 aromatic heterocycles. The lowest BCUT2D eigenvalue weighted by Crippen LogP contribution is -2.17. The highest BCUT2D eigenvalue weighted by Crippen LogP contribution is 2.02. The van der Waals surface area contributed by atoms with Gasteiger partial charge >= 0.3 is 11.9 Å². The summed E-state index contributed by atoms with van der Waals surface area (Å²) >= 11 is 2.99. The molecular formula is C6H9BrO4. The maximum absolute atomic E-state index is 10.3. The minimum absolute atomic E-state index is 0.0366. The van der Waals surface area contributed by atoms with Crippen molar-refractivity contribution in [3.8, 4) is 0 Å². The van der Waals surface area contributed by atoms with Crippen LogP contribution in [0.2, 0.25) is 0 Å². The zero-order valence-electron chi connectivity index (χ0n) is 6.30. The fourth-order valence-electron chi connectivity index (χ4n) is 0.397. The molecule has 64 valence electrons. The zero-order valence-corrected chi connectivity index (χ0v) is 7.88. The minimum Gasteiger partial charge on any atom is -0.461 e. The summed E-state index contributed by atoms with van der Waals surface area (Å²) in [6, 6.07) is 0. The summed E-state index contributed by atoms with van der Waals surface area (Å²) in [6.45, 7) is 2.60. The first-order chi connectivity index (χ1) is 5.02. The number of carbonyl (C=O) groups excluding carboxylic acids is 2. The molecule has 0 aliphatic rings. The summed E-state index contributed by atoms with van der Waals surface area (Å²) in [6.07, 6.45) is 0. The van der Waals surface area contributed by atoms with Gasteiger partial charge in [0.2, 0.25) is 0 Å². The van der Waals surface area contributed by atoms with E-state index >= 15 is 0 Å². The minimum atomic E-state index is -0.552. The van der Waals surface area contributed by atoms with Gasteiger partial charge in [0.15, 0.2) is 5.01 Å². The first-order valence-electron chi connectivity index (χ1n) is 2.97. The summed E-state index contributed by atoms with van der Waals surface area (Å²) in [5.74, 6) is -0.819. The van der Waals surface area contributed by atoms with Crippen molar-refractivity contribution < 1.29 is 19.1 Å². The van der Waals surface area contributed by atoms with Crippen molar-refractivity contribution in [2.75, 3.05) is 6.61 Å². The highest BCUT2D eigenvalue weighted by Gasteiger charge is 2.07. The molecule has 0 radical (unpaired) electrons. The number of alkyl halides is 1. The molecule has 0 aromatic carbocycles. The first-order valence-corrected chi connectivity index (χ1v) is 3.88. The third kappa shape index (κ3) is 7.32. The van der Waals surface area contributed by atoms with Crippen molar-refractivity contribution in [2.45, 2.75) is 18.9 Å². The Morgan fingerprint density at radius 2 is 1.91 bits per heavy atom. The third-order valence-corrected chi connectivity index (χ3v) is 1.16. The number of carbonyl (C=O) groups is 2. The molecule has 4 nitrogen and oxygen atoms in total. The molecule has 1 unspecified atom stereocenters. The van der Waals surface area contributed by atoms with Gasteiger partial charge in [-0.2, -0.15) is 0 Å². The Kier molecular flexibility index (Phi) is 4.85. The molecule has 0 aliphatic carbocycles. The second-order valence-electron chi connectivity index (χ2n) is 1.82. The molecule has 0 rings (SSSR count). The maximum Gasteiger partial charge on any atom is 0.303 e. The van der Waals surface area contributed by atoms with Crippen molar-refractivity contribution in [1.29, 1.82) is 0 Å². The SMILES string of the molecule is CC(=O)OCC(Br)OC(C)=O. The van der Waals surface area contributed by atoms with Gasteiger partial charge in [0.25, 0.3) is 0 Å². The van der Waals surface area contributed by atoms with Gasteiger partial charge in [-0.25, -0.2) is 0 Å². The van der Waals surface area contributed by atoms with E-state index in [-0.39, 0.29) is 6.61 Å². The number of ether oxygens (including phenoxy) is 2. The fourth-order valence-corrected chi connectivity index (χ4v) is 0.792. The first kappa shape index (κ1) is 10.4. The van der Waals surface area contributed by atoms with E-state index in [1.807, 2.05) is 0 Å².